The van der Waals surface area contributed by atoms with Crippen molar-refractivity contribution in [2.45, 2.75) is 38.3 Å². The zero-order valence-electron chi connectivity index (χ0n) is 9.73. The van der Waals surface area contributed by atoms with E-state index in [4.69, 9.17) is 10.8 Å². The average Bonchev–Trinajstić information content (AvgIpc) is 2.23. The van der Waals surface area contributed by atoms with Gasteiger partial charge >= 0.3 is 5.97 Å². The molecule has 0 fully saturated rings. The third-order valence-electron chi connectivity index (χ3n) is 2.16. The van der Waals surface area contributed by atoms with E-state index in [0.29, 0.717) is 18.6 Å². The summed E-state index contributed by atoms with van der Waals surface area (Å²) in [7, 11) is 0. The number of nitrogens with two attached hydrogens (primary N) is 1. The van der Waals surface area contributed by atoms with Gasteiger partial charge in [0.1, 0.15) is 6.04 Å². The molecule has 2 unspecified atom stereocenters. The minimum Gasteiger partial charge on any atom is -0.480 e. The Labute approximate surface area is 100 Å². The van der Waals surface area contributed by atoms with Crippen molar-refractivity contribution in [3.05, 3.63) is 0 Å². The molecule has 0 aromatic carbocycles. The highest BCUT2D eigenvalue weighted by atomic mass is 32.2. The van der Waals surface area contributed by atoms with Crippen LogP contribution < -0.4 is 11.1 Å². The van der Waals surface area contributed by atoms with E-state index in [1.54, 1.807) is 11.8 Å². The number of thioether (sulfide) groups is 1. The van der Waals surface area contributed by atoms with Crippen molar-refractivity contribution in [3.8, 4) is 0 Å². The molecule has 0 aromatic heterocycles. The summed E-state index contributed by atoms with van der Waals surface area (Å²) in [6.07, 6.45) is 3.68. The first-order valence-electron chi connectivity index (χ1n) is 5.30. The van der Waals surface area contributed by atoms with Gasteiger partial charge in [0.2, 0.25) is 5.91 Å². The van der Waals surface area contributed by atoms with Crippen molar-refractivity contribution in [1.29, 1.82) is 0 Å². The Hall–Kier alpha value is -0.750. The smallest absolute Gasteiger partial charge is 0.326 e. The van der Waals surface area contributed by atoms with Crippen LogP contribution in [0.15, 0.2) is 0 Å². The standard InChI is InChI=1S/C10H20N2O3S/c1-3-4-7(11)9(13)12-8(10(14)15)5-6-16-2/h7-8H,3-6,11H2,1-2H3,(H,12,13)(H,14,15). The monoisotopic (exact) mass is 248 g/mol. The number of carbonyl (C=O) groups is 2. The second-order valence-electron chi connectivity index (χ2n) is 3.58. The molecule has 0 aromatic rings. The highest BCUT2D eigenvalue weighted by Crippen LogP contribution is 2.02. The molecule has 16 heavy (non-hydrogen) atoms. The van der Waals surface area contributed by atoms with Crippen LogP contribution in [0.5, 0.6) is 0 Å². The highest BCUT2D eigenvalue weighted by Gasteiger charge is 2.22. The van der Waals surface area contributed by atoms with Crippen LogP contribution in [-0.4, -0.2) is 41.1 Å². The molecule has 0 aliphatic heterocycles. The minimum absolute atomic E-state index is 0.379. The van der Waals surface area contributed by atoms with Gasteiger partial charge in [-0.3, -0.25) is 4.79 Å². The second kappa shape index (κ2) is 8.41. The van der Waals surface area contributed by atoms with Crippen molar-refractivity contribution < 1.29 is 14.7 Å². The largest absolute Gasteiger partial charge is 0.480 e. The van der Waals surface area contributed by atoms with E-state index in [1.807, 2.05) is 13.2 Å². The van der Waals surface area contributed by atoms with Gasteiger partial charge in [0, 0.05) is 0 Å². The number of amides is 1. The molecule has 4 N–H and O–H groups in total. The Balaban J connectivity index is 4.17. The maximum absolute atomic E-state index is 11.5. The van der Waals surface area contributed by atoms with Crippen molar-refractivity contribution in [2.24, 2.45) is 5.73 Å². The number of rotatable bonds is 8. The van der Waals surface area contributed by atoms with Gasteiger partial charge in [-0.2, -0.15) is 11.8 Å². The molecule has 0 aliphatic carbocycles. The average molecular weight is 248 g/mol. The number of carboxylic acid groups (broad SMARTS) is 1. The summed E-state index contributed by atoms with van der Waals surface area (Å²) in [6, 6.07) is -1.44. The maximum atomic E-state index is 11.5. The van der Waals surface area contributed by atoms with Crippen molar-refractivity contribution in [1.82, 2.24) is 5.32 Å². The maximum Gasteiger partial charge on any atom is 0.326 e. The van der Waals surface area contributed by atoms with Crippen LogP contribution in [-0.2, 0) is 9.59 Å². The van der Waals surface area contributed by atoms with Crippen LogP contribution in [0.3, 0.4) is 0 Å². The molecule has 1 amide bonds. The molecule has 0 heterocycles. The lowest BCUT2D eigenvalue weighted by Crippen LogP contribution is -2.48. The SMILES string of the molecule is CCCC(N)C(=O)NC(CCSC)C(=O)O. The second-order valence-corrected chi connectivity index (χ2v) is 4.56. The van der Waals surface area contributed by atoms with E-state index >= 15 is 0 Å². The molecule has 0 radical (unpaired) electrons. The Kier molecular flexibility index (Phi) is 8.01. The molecule has 6 heteroatoms. The zero-order valence-corrected chi connectivity index (χ0v) is 10.5. The number of carboxylic acids is 1. The van der Waals surface area contributed by atoms with Gasteiger partial charge in [-0.15, -0.1) is 0 Å². The molecule has 0 saturated heterocycles. The minimum atomic E-state index is -1.01. The van der Waals surface area contributed by atoms with Crippen LogP contribution in [0.1, 0.15) is 26.2 Å². The molecule has 0 spiro atoms. The fraction of sp³-hybridized carbons (Fsp3) is 0.800. The quantitative estimate of drug-likeness (QED) is 0.579. The molecule has 0 rings (SSSR count). The summed E-state index contributed by atoms with van der Waals surface area (Å²) in [5.74, 6) is -0.693. The molecule has 0 bridgehead atoms. The number of hydrogen-bond donors (Lipinski definition) is 3. The van der Waals surface area contributed by atoms with Crippen LogP contribution in [0.4, 0.5) is 0 Å². The predicted molar refractivity (Wildman–Crippen MR) is 65.4 cm³/mol. The summed E-state index contributed by atoms with van der Waals surface area (Å²) >= 11 is 1.55. The Morgan fingerprint density at radius 3 is 2.50 bits per heavy atom. The molecular formula is C10H20N2O3S. The van der Waals surface area contributed by atoms with Crippen LogP contribution in [0, 0.1) is 0 Å². The molecular weight excluding hydrogens is 228 g/mol. The lowest BCUT2D eigenvalue weighted by Gasteiger charge is -2.17. The van der Waals surface area contributed by atoms with Gasteiger partial charge in [0.05, 0.1) is 6.04 Å². The van der Waals surface area contributed by atoms with Gasteiger partial charge < -0.3 is 16.2 Å². The van der Waals surface area contributed by atoms with Gasteiger partial charge in [0.25, 0.3) is 0 Å². The fourth-order valence-corrected chi connectivity index (χ4v) is 1.69. The zero-order chi connectivity index (χ0) is 12.6. The highest BCUT2D eigenvalue weighted by molar-refractivity contribution is 7.98. The first-order chi connectivity index (χ1) is 7.52. The molecule has 0 aliphatic rings. The number of carbonyl (C=O) groups excluding carboxylic acids is 1. The van der Waals surface area contributed by atoms with Gasteiger partial charge in [-0.05, 0) is 24.9 Å². The van der Waals surface area contributed by atoms with Crippen molar-refractivity contribution in [2.75, 3.05) is 12.0 Å². The summed E-state index contributed by atoms with van der Waals surface area (Å²) in [4.78, 5) is 22.4. The van der Waals surface area contributed by atoms with Crippen molar-refractivity contribution in [3.63, 3.8) is 0 Å². The van der Waals surface area contributed by atoms with E-state index in [1.165, 1.54) is 0 Å². The molecule has 2 atom stereocenters. The predicted octanol–water partition coefficient (Wildman–Crippen LogP) is 0.436. The van der Waals surface area contributed by atoms with E-state index in [9.17, 15) is 9.59 Å². The summed E-state index contributed by atoms with van der Waals surface area (Å²) < 4.78 is 0. The summed E-state index contributed by atoms with van der Waals surface area (Å²) in [5, 5.41) is 11.4. The number of hydrogen-bond acceptors (Lipinski definition) is 4. The lowest BCUT2D eigenvalue weighted by molar-refractivity contribution is -0.142. The Morgan fingerprint density at radius 2 is 2.06 bits per heavy atom. The third kappa shape index (κ3) is 5.97. The summed E-state index contributed by atoms with van der Waals surface area (Å²) in [5.41, 5.74) is 5.59. The topological polar surface area (TPSA) is 92.4 Å². The fourth-order valence-electron chi connectivity index (χ4n) is 1.21. The first-order valence-corrected chi connectivity index (χ1v) is 6.70. The molecule has 94 valence electrons. The Morgan fingerprint density at radius 1 is 1.44 bits per heavy atom. The van der Waals surface area contributed by atoms with Crippen LogP contribution >= 0.6 is 11.8 Å². The van der Waals surface area contributed by atoms with E-state index < -0.39 is 18.1 Å². The molecule has 5 nitrogen and oxygen atoms in total. The summed E-state index contributed by atoms with van der Waals surface area (Å²) in [6.45, 7) is 1.93. The van der Waals surface area contributed by atoms with E-state index in [0.717, 1.165) is 6.42 Å². The normalized spacial score (nSPS) is 14.2. The molecule has 0 saturated carbocycles. The first kappa shape index (κ1) is 15.2. The van der Waals surface area contributed by atoms with E-state index in [2.05, 4.69) is 5.32 Å². The van der Waals surface area contributed by atoms with Gasteiger partial charge in [0.15, 0.2) is 0 Å². The number of aliphatic carboxylic acids is 1. The van der Waals surface area contributed by atoms with Crippen LogP contribution in [0.2, 0.25) is 0 Å². The Bertz CT molecular complexity index is 236. The van der Waals surface area contributed by atoms with Gasteiger partial charge in [-0.25, -0.2) is 4.79 Å². The number of nitrogens with one attached hydrogen (secondary N) is 1. The lowest BCUT2D eigenvalue weighted by atomic mass is 10.1. The van der Waals surface area contributed by atoms with Crippen LogP contribution in [0.25, 0.3) is 0 Å². The van der Waals surface area contributed by atoms with E-state index in [-0.39, 0.29) is 5.91 Å². The van der Waals surface area contributed by atoms with Crippen molar-refractivity contribution >= 4 is 23.6 Å². The van der Waals surface area contributed by atoms with Gasteiger partial charge in [-0.1, -0.05) is 13.3 Å². The third-order valence-corrected chi connectivity index (χ3v) is 2.81.